The molecule has 0 amide bonds. The Morgan fingerprint density at radius 3 is 2.89 bits per heavy atom. The first kappa shape index (κ1) is 15.0. The van der Waals surface area contributed by atoms with Gasteiger partial charge in [0.1, 0.15) is 5.82 Å². The smallest absolute Gasteiger partial charge is 0.170 e. The van der Waals surface area contributed by atoms with Gasteiger partial charge in [0.15, 0.2) is 5.84 Å². The fourth-order valence-electron chi connectivity index (χ4n) is 1.73. The van der Waals surface area contributed by atoms with Crippen molar-refractivity contribution >= 4 is 5.84 Å². The number of amidine groups is 1. The number of hydrogen-bond acceptors (Lipinski definition) is 3. The Morgan fingerprint density at radius 2 is 2.32 bits per heavy atom. The molecule has 1 aromatic carbocycles. The molecule has 4 N–H and O–H groups in total. The lowest BCUT2D eigenvalue weighted by atomic mass is 10.1. The molecular formula is C14H18FN3O. The Bertz CT molecular complexity index is 494. The quantitative estimate of drug-likeness (QED) is 0.241. The van der Waals surface area contributed by atoms with Crippen molar-refractivity contribution in [2.45, 2.75) is 32.4 Å². The van der Waals surface area contributed by atoms with Crippen LogP contribution >= 0.6 is 0 Å². The lowest BCUT2D eigenvalue weighted by molar-refractivity contribution is 0.318. The highest BCUT2D eigenvalue weighted by atomic mass is 19.1. The van der Waals surface area contributed by atoms with Gasteiger partial charge < -0.3 is 10.9 Å². The van der Waals surface area contributed by atoms with E-state index in [2.05, 4.69) is 16.4 Å². The second-order valence-electron chi connectivity index (χ2n) is 4.22. The molecule has 4 nitrogen and oxygen atoms in total. The SMILES string of the molecule is C#CC(CCC)NCc1cc(F)cc(/C(N)=N/O)c1. The number of benzene rings is 1. The van der Waals surface area contributed by atoms with Gasteiger partial charge in [0.05, 0.1) is 6.04 Å². The number of rotatable bonds is 6. The van der Waals surface area contributed by atoms with Gasteiger partial charge in [-0.2, -0.15) is 0 Å². The minimum atomic E-state index is -0.436. The normalized spacial score (nSPS) is 13.0. The van der Waals surface area contributed by atoms with Crippen LogP contribution < -0.4 is 11.1 Å². The van der Waals surface area contributed by atoms with Crippen LogP contribution in [0.15, 0.2) is 23.4 Å². The maximum Gasteiger partial charge on any atom is 0.170 e. The molecule has 0 aliphatic carbocycles. The Kier molecular flexibility index (Phi) is 5.83. The van der Waals surface area contributed by atoms with Crippen molar-refractivity contribution in [3.8, 4) is 12.3 Å². The molecule has 1 aromatic rings. The number of nitrogens with two attached hydrogens (primary N) is 1. The molecule has 1 unspecified atom stereocenters. The van der Waals surface area contributed by atoms with E-state index in [0.717, 1.165) is 12.8 Å². The number of terminal acetylenes is 1. The van der Waals surface area contributed by atoms with E-state index in [4.69, 9.17) is 17.4 Å². The summed E-state index contributed by atoms with van der Waals surface area (Å²) in [4.78, 5) is 0. The molecular weight excluding hydrogens is 245 g/mol. The molecule has 0 saturated heterocycles. The maximum atomic E-state index is 13.4. The number of nitrogens with one attached hydrogen (secondary N) is 1. The van der Waals surface area contributed by atoms with Gasteiger partial charge in [0.2, 0.25) is 0 Å². The van der Waals surface area contributed by atoms with Crippen LogP contribution in [0.5, 0.6) is 0 Å². The minimum Gasteiger partial charge on any atom is -0.409 e. The molecule has 1 atom stereocenters. The van der Waals surface area contributed by atoms with E-state index in [-0.39, 0.29) is 11.9 Å². The van der Waals surface area contributed by atoms with Gasteiger partial charge in [-0.25, -0.2) is 4.39 Å². The van der Waals surface area contributed by atoms with Crippen LogP contribution in [0.1, 0.15) is 30.9 Å². The molecule has 0 heterocycles. The van der Waals surface area contributed by atoms with E-state index in [1.165, 1.54) is 12.1 Å². The van der Waals surface area contributed by atoms with Crippen LogP contribution in [-0.4, -0.2) is 17.1 Å². The number of nitrogens with zero attached hydrogens (tertiary/aromatic N) is 1. The number of oxime groups is 1. The molecule has 0 aromatic heterocycles. The Morgan fingerprint density at radius 1 is 1.58 bits per heavy atom. The van der Waals surface area contributed by atoms with E-state index in [9.17, 15) is 4.39 Å². The lowest BCUT2D eigenvalue weighted by Gasteiger charge is -2.12. The summed E-state index contributed by atoms with van der Waals surface area (Å²) < 4.78 is 13.4. The zero-order chi connectivity index (χ0) is 14.3. The first-order chi connectivity index (χ1) is 9.10. The van der Waals surface area contributed by atoms with Crippen LogP contribution in [0.4, 0.5) is 4.39 Å². The van der Waals surface area contributed by atoms with Crippen molar-refractivity contribution in [2.75, 3.05) is 0 Å². The standard InChI is InChI=1S/C14H18FN3O/c1-3-5-13(4-2)17-9-10-6-11(14(16)18-19)8-12(15)7-10/h2,6-8,13,17,19H,3,5,9H2,1H3,(H2,16,18). The fraction of sp³-hybridized carbons (Fsp3) is 0.357. The van der Waals surface area contributed by atoms with Crippen molar-refractivity contribution in [2.24, 2.45) is 10.9 Å². The van der Waals surface area contributed by atoms with Gasteiger partial charge in [-0.1, -0.05) is 24.4 Å². The molecule has 0 fully saturated rings. The van der Waals surface area contributed by atoms with Crippen LogP contribution in [-0.2, 0) is 6.54 Å². The van der Waals surface area contributed by atoms with Gasteiger partial charge >= 0.3 is 0 Å². The fourth-order valence-corrected chi connectivity index (χ4v) is 1.73. The monoisotopic (exact) mass is 263 g/mol. The average Bonchev–Trinajstić information content (AvgIpc) is 2.41. The molecule has 0 bridgehead atoms. The third-order valence-corrected chi connectivity index (χ3v) is 2.69. The van der Waals surface area contributed by atoms with Gasteiger partial charge in [-0.3, -0.25) is 5.32 Å². The van der Waals surface area contributed by atoms with Crippen molar-refractivity contribution in [1.82, 2.24) is 5.32 Å². The second-order valence-corrected chi connectivity index (χ2v) is 4.22. The predicted octanol–water partition coefficient (Wildman–Crippen LogP) is 1.81. The summed E-state index contributed by atoms with van der Waals surface area (Å²) in [5.41, 5.74) is 6.47. The molecule has 19 heavy (non-hydrogen) atoms. The van der Waals surface area contributed by atoms with Gasteiger partial charge in [0, 0.05) is 12.1 Å². The average molecular weight is 263 g/mol. The second kappa shape index (κ2) is 7.39. The van der Waals surface area contributed by atoms with Crippen LogP contribution in [0, 0.1) is 18.2 Å². The van der Waals surface area contributed by atoms with E-state index in [1.807, 2.05) is 6.92 Å². The van der Waals surface area contributed by atoms with Gasteiger partial charge in [-0.05, 0) is 30.2 Å². The number of halogens is 1. The summed E-state index contributed by atoms with van der Waals surface area (Å²) in [6.45, 7) is 2.48. The van der Waals surface area contributed by atoms with Crippen molar-refractivity contribution in [3.63, 3.8) is 0 Å². The Hall–Kier alpha value is -2.06. The Labute approximate surface area is 112 Å². The summed E-state index contributed by atoms with van der Waals surface area (Å²) in [5.74, 6) is 2.08. The third kappa shape index (κ3) is 4.60. The Balaban J connectivity index is 2.79. The largest absolute Gasteiger partial charge is 0.409 e. The highest BCUT2D eigenvalue weighted by Gasteiger charge is 2.07. The van der Waals surface area contributed by atoms with E-state index in [0.29, 0.717) is 17.7 Å². The van der Waals surface area contributed by atoms with Crippen LogP contribution in [0.2, 0.25) is 0 Å². The van der Waals surface area contributed by atoms with Crippen LogP contribution in [0.3, 0.4) is 0 Å². The molecule has 0 aliphatic heterocycles. The molecule has 0 spiro atoms. The number of hydrogen-bond donors (Lipinski definition) is 3. The highest BCUT2D eigenvalue weighted by Crippen LogP contribution is 2.10. The zero-order valence-electron chi connectivity index (χ0n) is 10.9. The summed E-state index contributed by atoms with van der Waals surface area (Å²) in [6, 6.07) is 4.22. The first-order valence-electron chi connectivity index (χ1n) is 6.07. The minimum absolute atomic E-state index is 0.0411. The lowest BCUT2D eigenvalue weighted by Crippen LogP contribution is -2.27. The molecule has 0 radical (unpaired) electrons. The predicted molar refractivity (Wildman–Crippen MR) is 73.3 cm³/mol. The van der Waals surface area contributed by atoms with Crippen molar-refractivity contribution in [1.29, 1.82) is 0 Å². The summed E-state index contributed by atoms with van der Waals surface area (Å²) in [7, 11) is 0. The van der Waals surface area contributed by atoms with E-state index in [1.54, 1.807) is 6.07 Å². The molecule has 5 heteroatoms. The maximum absolute atomic E-state index is 13.4. The molecule has 102 valence electrons. The van der Waals surface area contributed by atoms with Crippen LogP contribution in [0.25, 0.3) is 0 Å². The van der Waals surface area contributed by atoms with E-state index >= 15 is 0 Å². The van der Waals surface area contributed by atoms with Crippen molar-refractivity contribution < 1.29 is 9.60 Å². The highest BCUT2D eigenvalue weighted by molar-refractivity contribution is 5.97. The third-order valence-electron chi connectivity index (χ3n) is 2.69. The van der Waals surface area contributed by atoms with Crippen molar-refractivity contribution in [3.05, 3.63) is 35.1 Å². The summed E-state index contributed by atoms with van der Waals surface area (Å²) in [5, 5.41) is 14.6. The first-order valence-corrected chi connectivity index (χ1v) is 6.07. The zero-order valence-corrected chi connectivity index (χ0v) is 10.9. The van der Waals surface area contributed by atoms with Gasteiger partial charge in [0.25, 0.3) is 0 Å². The summed E-state index contributed by atoms with van der Waals surface area (Å²) >= 11 is 0. The summed E-state index contributed by atoms with van der Waals surface area (Å²) in [6.07, 6.45) is 7.23. The van der Waals surface area contributed by atoms with Gasteiger partial charge in [-0.15, -0.1) is 6.42 Å². The molecule has 0 saturated carbocycles. The topological polar surface area (TPSA) is 70.6 Å². The molecule has 0 aliphatic rings. The van der Waals surface area contributed by atoms with E-state index < -0.39 is 5.82 Å². The molecule has 1 rings (SSSR count).